The Morgan fingerprint density at radius 1 is 1.29 bits per heavy atom. The molecule has 1 amide bonds. The van der Waals surface area contributed by atoms with Gasteiger partial charge in [-0.05, 0) is 62.6 Å². The molecule has 1 saturated carbocycles. The van der Waals surface area contributed by atoms with E-state index in [2.05, 4.69) is 12.3 Å². The van der Waals surface area contributed by atoms with Crippen molar-refractivity contribution in [2.75, 3.05) is 19.9 Å². The van der Waals surface area contributed by atoms with Gasteiger partial charge in [0.2, 0.25) is 0 Å². The zero-order chi connectivity index (χ0) is 15.4. The van der Waals surface area contributed by atoms with Gasteiger partial charge < -0.3 is 9.64 Å². The van der Waals surface area contributed by atoms with Crippen LogP contribution in [-0.2, 0) is 4.79 Å². The molecule has 0 bridgehead atoms. The lowest BCUT2D eigenvalue weighted by molar-refractivity contribution is -0.134. The molecule has 1 aromatic carbocycles. The van der Waals surface area contributed by atoms with Gasteiger partial charge in [-0.1, -0.05) is 6.07 Å². The van der Waals surface area contributed by atoms with Crippen LogP contribution in [0.4, 0.5) is 0 Å². The van der Waals surface area contributed by atoms with E-state index in [1.807, 2.05) is 49.7 Å². The average Bonchev–Trinajstić information content (AvgIpc) is 2.91. The van der Waals surface area contributed by atoms with Crippen molar-refractivity contribution < 1.29 is 9.53 Å². The lowest BCUT2D eigenvalue weighted by Crippen LogP contribution is -2.38. The fraction of sp³-hybridized carbons (Fsp3) is 0.588. The van der Waals surface area contributed by atoms with Crippen LogP contribution in [0.3, 0.4) is 0 Å². The summed E-state index contributed by atoms with van der Waals surface area (Å²) in [6.45, 7) is 4.20. The molecular formula is C17H25NO2S. The van der Waals surface area contributed by atoms with Crippen molar-refractivity contribution in [3.63, 3.8) is 0 Å². The number of nitrogens with zero attached hydrogens (tertiary/aromatic N) is 1. The van der Waals surface area contributed by atoms with Crippen molar-refractivity contribution in [2.45, 2.75) is 44.4 Å². The van der Waals surface area contributed by atoms with Crippen LogP contribution in [0.1, 0.15) is 30.4 Å². The zero-order valence-electron chi connectivity index (χ0n) is 13.4. The van der Waals surface area contributed by atoms with Crippen molar-refractivity contribution in [3.05, 3.63) is 29.3 Å². The molecule has 0 aromatic heterocycles. The molecule has 2 atom stereocenters. The second kappa shape index (κ2) is 7.21. The van der Waals surface area contributed by atoms with Gasteiger partial charge in [0, 0.05) is 18.3 Å². The topological polar surface area (TPSA) is 29.5 Å². The highest BCUT2D eigenvalue weighted by Gasteiger charge is 2.29. The maximum atomic E-state index is 12.3. The molecule has 0 spiro atoms. The van der Waals surface area contributed by atoms with Gasteiger partial charge >= 0.3 is 0 Å². The average molecular weight is 307 g/mol. The van der Waals surface area contributed by atoms with E-state index < -0.39 is 0 Å². The van der Waals surface area contributed by atoms with E-state index >= 15 is 0 Å². The van der Waals surface area contributed by atoms with Crippen LogP contribution in [0.15, 0.2) is 18.2 Å². The molecule has 0 unspecified atom stereocenters. The number of aryl methyl sites for hydroxylation is 2. The van der Waals surface area contributed by atoms with Crippen molar-refractivity contribution in [1.82, 2.24) is 4.90 Å². The van der Waals surface area contributed by atoms with Crippen LogP contribution < -0.4 is 4.74 Å². The highest BCUT2D eigenvalue weighted by Crippen LogP contribution is 2.30. The van der Waals surface area contributed by atoms with Gasteiger partial charge in [-0.25, -0.2) is 0 Å². The summed E-state index contributed by atoms with van der Waals surface area (Å²) in [4.78, 5) is 14.1. The van der Waals surface area contributed by atoms with Crippen molar-refractivity contribution in [3.8, 4) is 5.75 Å². The Kier molecular flexibility index (Phi) is 5.57. The molecule has 21 heavy (non-hydrogen) atoms. The maximum Gasteiger partial charge on any atom is 0.260 e. The molecular weight excluding hydrogens is 282 g/mol. The monoisotopic (exact) mass is 307 g/mol. The number of ether oxygens (including phenoxy) is 1. The van der Waals surface area contributed by atoms with Gasteiger partial charge in [-0.3, -0.25) is 4.79 Å². The second-order valence-corrected chi connectivity index (χ2v) is 7.08. The SMILES string of the molecule is CS[C@H]1CC[C@H](N(C)C(=O)COc2cc(C)cc(C)c2)C1. The molecule has 1 aliphatic rings. The fourth-order valence-electron chi connectivity index (χ4n) is 2.95. The minimum Gasteiger partial charge on any atom is -0.484 e. The molecule has 2 rings (SSSR count). The van der Waals surface area contributed by atoms with Gasteiger partial charge in [0.1, 0.15) is 5.75 Å². The predicted octanol–water partition coefficient (Wildman–Crippen LogP) is 3.42. The van der Waals surface area contributed by atoms with Crippen LogP contribution in [0.5, 0.6) is 5.75 Å². The van der Waals surface area contributed by atoms with E-state index in [1.165, 1.54) is 6.42 Å². The van der Waals surface area contributed by atoms with Crippen LogP contribution >= 0.6 is 11.8 Å². The van der Waals surface area contributed by atoms with Gasteiger partial charge in [0.15, 0.2) is 6.61 Å². The summed E-state index contributed by atoms with van der Waals surface area (Å²) in [5, 5.41) is 0.700. The first kappa shape index (κ1) is 16.2. The molecule has 4 heteroatoms. The molecule has 1 fully saturated rings. The highest BCUT2D eigenvalue weighted by atomic mass is 32.2. The highest BCUT2D eigenvalue weighted by molar-refractivity contribution is 7.99. The summed E-state index contributed by atoms with van der Waals surface area (Å²) < 4.78 is 5.67. The quantitative estimate of drug-likeness (QED) is 0.835. The number of carbonyl (C=O) groups excluding carboxylic acids is 1. The molecule has 3 nitrogen and oxygen atoms in total. The Morgan fingerprint density at radius 2 is 1.95 bits per heavy atom. The summed E-state index contributed by atoms with van der Waals surface area (Å²) in [5.41, 5.74) is 2.31. The first-order valence-electron chi connectivity index (χ1n) is 7.49. The Balaban J connectivity index is 1.86. The maximum absolute atomic E-state index is 12.3. The van der Waals surface area contributed by atoms with Gasteiger partial charge in [0.25, 0.3) is 5.91 Å². The third-order valence-electron chi connectivity index (χ3n) is 4.19. The Labute approximate surface area is 132 Å². The molecule has 0 saturated heterocycles. The first-order valence-corrected chi connectivity index (χ1v) is 8.78. The van der Waals surface area contributed by atoms with Gasteiger partial charge in [-0.15, -0.1) is 0 Å². The number of carbonyl (C=O) groups is 1. The number of hydrogen-bond acceptors (Lipinski definition) is 3. The minimum atomic E-state index is 0.0703. The summed E-state index contributed by atoms with van der Waals surface area (Å²) in [6, 6.07) is 6.42. The third kappa shape index (κ3) is 4.40. The van der Waals surface area contributed by atoms with Crippen molar-refractivity contribution >= 4 is 17.7 Å². The number of likely N-dealkylation sites (N-methyl/N-ethyl adjacent to an activating group) is 1. The van der Waals surface area contributed by atoms with Crippen LogP contribution in [-0.4, -0.2) is 42.0 Å². The smallest absolute Gasteiger partial charge is 0.260 e. The molecule has 0 radical (unpaired) electrons. The Hall–Kier alpha value is -1.16. The van der Waals surface area contributed by atoms with E-state index in [9.17, 15) is 4.79 Å². The predicted molar refractivity (Wildman–Crippen MR) is 89.1 cm³/mol. The van der Waals surface area contributed by atoms with E-state index in [4.69, 9.17) is 4.74 Å². The van der Waals surface area contributed by atoms with E-state index in [0.29, 0.717) is 11.3 Å². The summed E-state index contributed by atoms with van der Waals surface area (Å²) >= 11 is 1.91. The lowest BCUT2D eigenvalue weighted by Gasteiger charge is -2.24. The number of hydrogen-bond donors (Lipinski definition) is 0. The molecule has 1 aliphatic carbocycles. The van der Waals surface area contributed by atoms with E-state index in [0.717, 1.165) is 29.7 Å². The minimum absolute atomic E-state index is 0.0703. The van der Waals surface area contributed by atoms with E-state index in [-0.39, 0.29) is 12.5 Å². The second-order valence-electron chi connectivity index (χ2n) is 5.94. The van der Waals surface area contributed by atoms with Gasteiger partial charge in [-0.2, -0.15) is 11.8 Å². The fourth-order valence-corrected chi connectivity index (χ4v) is 3.74. The zero-order valence-corrected chi connectivity index (χ0v) is 14.2. The Bertz CT molecular complexity index is 483. The summed E-state index contributed by atoms with van der Waals surface area (Å²) in [5.74, 6) is 0.851. The number of benzene rings is 1. The third-order valence-corrected chi connectivity index (χ3v) is 5.28. The van der Waals surface area contributed by atoms with Crippen LogP contribution in [0, 0.1) is 13.8 Å². The van der Waals surface area contributed by atoms with Gasteiger partial charge in [0.05, 0.1) is 0 Å². The summed E-state index contributed by atoms with van der Waals surface area (Å²) in [6.07, 6.45) is 5.57. The normalized spacial score (nSPS) is 21.3. The first-order chi connectivity index (χ1) is 9.99. The lowest BCUT2D eigenvalue weighted by atomic mass is 10.1. The molecule has 116 valence electrons. The van der Waals surface area contributed by atoms with Crippen molar-refractivity contribution in [2.24, 2.45) is 0 Å². The van der Waals surface area contributed by atoms with Crippen LogP contribution in [0.25, 0.3) is 0 Å². The largest absolute Gasteiger partial charge is 0.484 e. The standard InChI is InChI=1S/C17H25NO2S/c1-12-7-13(2)9-15(8-12)20-11-17(19)18(3)14-5-6-16(10-14)21-4/h7-9,14,16H,5-6,10-11H2,1-4H3/t14-,16-/m0/s1. The summed E-state index contributed by atoms with van der Waals surface area (Å²) in [7, 11) is 1.90. The Morgan fingerprint density at radius 3 is 2.52 bits per heavy atom. The van der Waals surface area contributed by atoms with E-state index in [1.54, 1.807) is 0 Å². The van der Waals surface area contributed by atoms with Crippen LogP contribution in [0.2, 0.25) is 0 Å². The molecule has 0 aliphatic heterocycles. The molecule has 1 aromatic rings. The number of thioether (sulfide) groups is 1. The number of rotatable bonds is 5. The van der Waals surface area contributed by atoms with Crippen molar-refractivity contribution in [1.29, 1.82) is 0 Å². The molecule has 0 N–H and O–H groups in total. The number of amides is 1. The molecule has 0 heterocycles.